The largest absolute Gasteiger partial charge is 0.468 e. The summed E-state index contributed by atoms with van der Waals surface area (Å²) in [5.41, 5.74) is -1.61. The molecule has 0 heterocycles. The maximum Gasteiger partial charge on any atom is 0.324 e. The highest BCUT2D eigenvalue weighted by molar-refractivity contribution is 6.02. The van der Waals surface area contributed by atoms with Crippen molar-refractivity contribution in [2.45, 2.75) is 44.9 Å². The first-order valence-corrected chi connectivity index (χ1v) is 7.81. The van der Waals surface area contributed by atoms with Gasteiger partial charge in [-0.1, -0.05) is 12.5 Å². The molecule has 4 nitrogen and oxygen atoms in total. The van der Waals surface area contributed by atoms with Gasteiger partial charge in [0.25, 0.3) is 0 Å². The lowest BCUT2D eigenvalue weighted by molar-refractivity contribution is -0.176. The van der Waals surface area contributed by atoms with Crippen LogP contribution in [0.5, 0.6) is 0 Å². The van der Waals surface area contributed by atoms with E-state index in [2.05, 4.69) is 6.58 Å². The van der Waals surface area contributed by atoms with E-state index in [-0.39, 0.29) is 5.41 Å². The lowest BCUT2D eigenvalue weighted by Crippen LogP contribution is -2.50. The van der Waals surface area contributed by atoms with E-state index in [1.54, 1.807) is 0 Å². The van der Waals surface area contributed by atoms with Crippen LogP contribution in [0.2, 0.25) is 0 Å². The average Bonchev–Trinajstić information content (AvgIpc) is 3.03. The number of hydrogen-bond acceptors (Lipinski definition) is 4. The van der Waals surface area contributed by atoms with E-state index in [1.165, 1.54) is 27.1 Å². The Kier molecular flexibility index (Phi) is 3.19. The van der Waals surface area contributed by atoms with E-state index >= 15 is 0 Å². The molecule has 116 valence electrons. The van der Waals surface area contributed by atoms with Crippen LogP contribution in [0.3, 0.4) is 0 Å². The Hall–Kier alpha value is -1.32. The van der Waals surface area contributed by atoms with Gasteiger partial charge in [-0.3, -0.25) is 9.59 Å². The molecule has 3 atom stereocenters. The molecule has 3 aliphatic carbocycles. The van der Waals surface area contributed by atoms with Crippen LogP contribution in [0.15, 0.2) is 12.7 Å². The number of esters is 2. The SMILES string of the molecule is C=C[C@@]12CCC3CCC[C@]3(CC1(C(=O)OC)C(=O)OC)C2. The Labute approximate surface area is 125 Å². The fraction of sp³-hybridized carbons (Fsp3) is 0.765. The van der Waals surface area contributed by atoms with Crippen LogP contribution < -0.4 is 0 Å². The molecule has 3 saturated carbocycles. The predicted molar refractivity (Wildman–Crippen MR) is 77.3 cm³/mol. The minimum atomic E-state index is -1.20. The summed E-state index contributed by atoms with van der Waals surface area (Å²) >= 11 is 0. The maximum atomic E-state index is 12.7. The summed E-state index contributed by atoms with van der Waals surface area (Å²) in [5.74, 6) is -0.265. The summed E-state index contributed by atoms with van der Waals surface area (Å²) in [4.78, 5) is 25.3. The third-order valence-corrected chi connectivity index (χ3v) is 6.63. The molecule has 1 unspecified atom stereocenters. The minimum Gasteiger partial charge on any atom is -0.468 e. The van der Waals surface area contributed by atoms with Gasteiger partial charge in [-0.15, -0.1) is 6.58 Å². The minimum absolute atomic E-state index is 0.0921. The summed E-state index contributed by atoms with van der Waals surface area (Å²) in [6, 6.07) is 0. The van der Waals surface area contributed by atoms with Gasteiger partial charge in [-0.05, 0) is 49.9 Å². The van der Waals surface area contributed by atoms with Crippen molar-refractivity contribution in [3.8, 4) is 0 Å². The number of allylic oxidation sites excluding steroid dienone is 1. The van der Waals surface area contributed by atoms with E-state index in [1.807, 2.05) is 6.08 Å². The van der Waals surface area contributed by atoms with Crippen molar-refractivity contribution < 1.29 is 19.1 Å². The molecule has 3 aliphatic rings. The number of rotatable bonds is 3. The smallest absolute Gasteiger partial charge is 0.324 e. The Balaban J connectivity index is 2.17. The Morgan fingerprint density at radius 3 is 2.33 bits per heavy atom. The molecular formula is C17H24O4. The summed E-state index contributed by atoms with van der Waals surface area (Å²) in [5, 5.41) is 0. The van der Waals surface area contributed by atoms with E-state index in [9.17, 15) is 9.59 Å². The lowest BCUT2D eigenvalue weighted by Gasteiger charge is -2.43. The number of ether oxygens (including phenoxy) is 2. The fourth-order valence-electron chi connectivity index (χ4n) is 5.74. The average molecular weight is 292 g/mol. The van der Waals surface area contributed by atoms with Crippen LogP contribution in [-0.4, -0.2) is 26.2 Å². The van der Waals surface area contributed by atoms with Crippen LogP contribution in [0.4, 0.5) is 0 Å². The van der Waals surface area contributed by atoms with Crippen molar-refractivity contribution in [2.24, 2.45) is 22.2 Å². The Morgan fingerprint density at radius 2 is 1.76 bits per heavy atom. The molecule has 2 bridgehead atoms. The van der Waals surface area contributed by atoms with Crippen molar-refractivity contribution >= 4 is 11.9 Å². The number of hydrogen-bond donors (Lipinski definition) is 0. The van der Waals surface area contributed by atoms with Gasteiger partial charge in [0, 0.05) is 5.41 Å². The molecule has 0 saturated heterocycles. The highest BCUT2D eigenvalue weighted by atomic mass is 16.5. The second-order valence-corrected chi connectivity index (χ2v) is 7.09. The summed E-state index contributed by atoms with van der Waals surface area (Å²) < 4.78 is 10.1. The standard InChI is InChI=1S/C17H24O4/c1-4-16-9-7-12-6-5-8-15(12,10-16)11-17(16,13(18)20-2)14(19)21-3/h4,12H,1,5-11H2,2-3H3/t12?,15-,16+/m1/s1. The first-order chi connectivity index (χ1) is 10.00. The number of methoxy groups -OCH3 is 2. The van der Waals surface area contributed by atoms with Crippen molar-refractivity contribution in [2.75, 3.05) is 14.2 Å². The quantitative estimate of drug-likeness (QED) is 0.456. The fourth-order valence-corrected chi connectivity index (χ4v) is 5.74. The van der Waals surface area contributed by atoms with E-state index in [4.69, 9.17) is 9.47 Å². The van der Waals surface area contributed by atoms with Crippen LogP contribution in [-0.2, 0) is 19.1 Å². The number of carbonyl (C=O) groups is 2. The van der Waals surface area contributed by atoms with Crippen LogP contribution in [0, 0.1) is 22.2 Å². The van der Waals surface area contributed by atoms with Gasteiger partial charge >= 0.3 is 11.9 Å². The first kappa shape index (κ1) is 14.6. The summed E-state index contributed by atoms with van der Waals surface area (Å²) in [6.45, 7) is 3.98. The lowest BCUT2D eigenvalue weighted by atomic mass is 9.60. The van der Waals surface area contributed by atoms with E-state index in [0.717, 1.165) is 25.7 Å². The highest BCUT2D eigenvalue weighted by Gasteiger charge is 2.74. The predicted octanol–water partition coefficient (Wildman–Crippen LogP) is 2.87. The Bertz CT molecular complexity index is 481. The van der Waals surface area contributed by atoms with Gasteiger partial charge in [-0.25, -0.2) is 0 Å². The second kappa shape index (κ2) is 4.59. The third kappa shape index (κ3) is 1.56. The molecule has 0 radical (unpaired) electrons. The van der Waals surface area contributed by atoms with Crippen LogP contribution in [0.1, 0.15) is 44.9 Å². The zero-order valence-corrected chi connectivity index (χ0v) is 12.9. The van der Waals surface area contributed by atoms with E-state index in [0.29, 0.717) is 12.3 Å². The number of carbonyl (C=O) groups excluding carboxylic acids is 2. The van der Waals surface area contributed by atoms with Gasteiger partial charge in [-0.2, -0.15) is 0 Å². The molecule has 0 N–H and O–H groups in total. The van der Waals surface area contributed by atoms with Crippen molar-refractivity contribution in [3.63, 3.8) is 0 Å². The Morgan fingerprint density at radius 1 is 1.10 bits per heavy atom. The first-order valence-electron chi connectivity index (χ1n) is 7.81. The molecular weight excluding hydrogens is 268 g/mol. The third-order valence-electron chi connectivity index (χ3n) is 6.63. The van der Waals surface area contributed by atoms with Gasteiger partial charge in [0.1, 0.15) is 0 Å². The van der Waals surface area contributed by atoms with E-state index < -0.39 is 22.8 Å². The summed E-state index contributed by atoms with van der Waals surface area (Å²) in [7, 11) is 2.71. The molecule has 3 fully saturated rings. The molecule has 4 heteroatoms. The topological polar surface area (TPSA) is 52.6 Å². The molecule has 0 aromatic heterocycles. The van der Waals surface area contributed by atoms with Gasteiger partial charge in [0.05, 0.1) is 14.2 Å². The van der Waals surface area contributed by atoms with Crippen molar-refractivity contribution in [1.29, 1.82) is 0 Å². The maximum absolute atomic E-state index is 12.7. The highest BCUT2D eigenvalue weighted by Crippen LogP contribution is 2.73. The summed E-state index contributed by atoms with van der Waals surface area (Å²) in [6.07, 6.45) is 8.68. The van der Waals surface area contributed by atoms with Gasteiger partial charge < -0.3 is 9.47 Å². The number of fused-ring (bicyclic) bond motifs is 1. The molecule has 0 aliphatic heterocycles. The second-order valence-electron chi connectivity index (χ2n) is 7.09. The zero-order chi connectivity index (χ0) is 15.3. The zero-order valence-electron chi connectivity index (χ0n) is 12.9. The molecule has 0 amide bonds. The molecule has 3 rings (SSSR count). The van der Waals surface area contributed by atoms with Crippen molar-refractivity contribution in [3.05, 3.63) is 12.7 Å². The normalized spacial score (nSPS) is 39.4. The van der Waals surface area contributed by atoms with Crippen LogP contribution in [0.25, 0.3) is 0 Å². The molecule has 0 aromatic carbocycles. The van der Waals surface area contributed by atoms with Crippen LogP contribution >= 0.6 is 0 Å². The monoisotopic (exact) mass is 292 g/mol. The van der Waals surface area contributed by atoms with Crippen molar-refractivity contribution in [1.82, 2.24) is 0 Å². The molecule has 0 aromatic rings. The van der Waals surface area contributed by atoms with Gasteiger partial charge in [0.2, 0.25) is 0 Å². The molecule has 1 spiro atoms. The van der Waals surface area contributed by atoms with Gasteiger partial charge in [0.15, 0.2) is 5.41 Å². The molecule has 21 heavy (non-hydrogen) atoms.